The zero-order valence-electron chi connectivity index (χ0n) is 23.1. The molecule has 0 aromatic heterocycles. The first kappa shape index (κ1) is 28.9. The van der Waals surface area contributed by atoms with Gasteiger partial charge >= 0.3 is 6.09 Å². The van der Waals surface area contributed by atoms with Crippen LogP contribution in [-0.2, 0) is 14.3 Å². The highest BCUT2D eigenvalue weighted by Crippen LogP contribution is 2.29. The summed E-state index contributed by atoms with van der Waals surface area (Å²) in [5, 5.41) is 5.75. The molecule has 2 rings (SSSR count). The molecule has 0 aliphatic rings. The molecule has 0 bridgehead atoms. The summed E-state index contributed by atoms with van der Waals surface area (Å²) in [6.07, 6.45) is -0.668. The van der Waals surface area contributed by atoms with Crippen molar-refractivity contribution in [3.8, 4) is 0 Å². The predicted octanol–water partition coefficient (Wildman–Crippen LogP) is 5.69. The van der Waals surface area contributed by atoms with Gasteiger partial charge in [0.25, 0.3) is 5.91 Å². The third-order valence-corrected chi connectivity index (χ3v) is 6.13. The van der Waals surface area contributed by atoms with Crippen LogP contribution < -0.4 is 10.6 Å². The highest BCUT2D eigenvalue weighted by Gasteiger charge is 2.37. The van der Waals surface area contributed by atoms with Crippen LogP contribution in [0.2, 0.25) is 0 Å². The zero-order valence-corrected chi connectivity index (χ0v) is 23.1. The van der Waals surface area contributed by atoms with E-state index in [2.05, 4.69) is 10.6 Å². The molecule has 0 saturated heterocycles. The number of carbonyl (C=O) groups is 3. The summed E-state index contributed by atoms with van der Waals surface area (Å²) in [4.78, 5) is 41.8. The van der Waals surface area contributed by atoms with Crippen LogP contribution in [0.3, 0.4) is 0 Å². The van der Waals surface area contributed by atoms with Crippen LogP contribution in [0.25, 0.3) is 0 Å². The standard InChI is InChI=1S/C29H41N3O4/c1-10-32(27(34)24(18(2)3)31-28(35)36-29(7,8)9)25(22-16-13-15-19(4)21(22)6)26(33)30-23-17-12-11-14-20(23)5/h11-18,24-25H,10H2,1-9H3,(H,30,33)(H,31,35). The highest BCUT2D eigenvalue weighted by molar-refractivity contribution is 5.99. The van der Waals surface area contributed by atoms with E-state index in [0.717, 1.165) is 22.3 Å². The molecular weight excluding hydrogens is 454 g/mol. The third kappa shape index (κ3) is 7.33. The number of benzene rings is 2. The van der Waals surface area contributed by atoms with Gasteiger partial charge in [0.15, 0.2) is 0 Å². The molecule has 3 amide bonds. The molecule has 0 aliphatic heterocycles. The normalized spacial score (nSPS) is 13.1. The van der Waals surface area contributed by atoms with E-state index < -0.39 is 23.8 Å². The van der Waals surface area contributed by atoms with Gasteiger partial charge in [-0.3, -0.25) is 9.59 Å². The van der Waals surface area contributed by atoms with Crippen LogP contribution in [0.1, 0.15) is 69.8 Å². The molecule has 0 aliphatic carbocycles. The maximum absolute atomic E-state index is 13.9. The number of anilines is 1. The molecule has 0 saturated carbocycles. The van der Waals surface area contributed by atoms with E-state index in [1.165, 1.54) is 4.90 Å². The topological polar surface area (TPSA) is 87.7 Å². The Labute approximate surface area is 215 Å². The van der Waals surface area contributed by atoms with E-state index in [-0.39, 0.29) is 24.3 Å². The fraction of sp³-hybridized carbons (Fsp3) is 0.483. The monoisotopic (exact) mass is 495 g/mol. The molecule has 36 heavy (non-hydrogen) atoms. The van der Waals surface area contributed by atoms with Crippen molar-refractivity contribution in [2.45, 2.75) is 80.0 Å². The van der Waals surface area contributed by atoms with Gasteiger partial charge in [0.05, 0.1) is 0 Å². The summed E-state index contributed by atoms with van der Waals surface area (Å²) in [6, 6.07) is 11.5. The SMILES string of the molecule is CCN(C(=O)C(NC(=O)OC(C)(C)C)C(C)C)C(C(=O)Nc1ccccc1C)c1cccc(C)c1C. The van der Waals surface area contributed by atoms with Gasteiger partial charge in [0, 0.05) is 12.2 Å². The van der Waals surface area contributed by atoms with Crippen LogP contribution in [0, 0.1) is 26.7 Å². The lowest BCUT2D eigenvalue weighted by molar-refractivity contribution is -0.141. The van der Waals surface area contributed by atoms with Crippen LogP contribution in [0.5, 0.6) is 0 Å². The second kappa shape index (κ2) is 12.1. The minimum Gasteiger partial charge on any atom is -0.444 e. The number of aryl methyl sites for hydroxylation is 2. The number of nitrogens with one attached hydrogen (secondary N) is 2. The van der Waals surface area contributed by atoms with Gasteiger partial charge in [0.2, 0.25) is 5.91 Å². The van der Waals surface area contributed by atoms with Crippen LogP contribution in [0.4, 0.5) is 10.5 Å². The van der Waals surface area contributed by atoms with Crippen molar-refractivity contribution < 1.29 is 19.1 Å². The molecule has 2 N–H and O–H groups in total. The van der Waals surface area contributed by atoms with Crippen LogP contribution in [-0.4, -0.2) is 41.0 Å². The van der Waals surface area contributed by atoms with Crippen molar-refractivity contribution in [1.82, 2.24) is 10.2 Å². The third-order valence-electron chi connectivity index (χ3n) is 6.13. The molecule has 0 radical (unpaired) electrons. The van der Waals surface area contributed by atoms with E-state index in [0.29, 0.717) is 5.69 Å². The summed E-state index contributed by atoms with van der Waals surface area (Å²) in [7, 11) is 0. The summed E-state index contributed by atoms with van der Waals surface area (Å²) in [5.41, 5.74) is 3.62. The van der Waals surface area contributed by atoms with Crippen molar-refractivity contribution >= 4 is 23.6 Å². The predicted molar refractivity (Wildman–Crippen MR) is 144 cm³/mol. The maximum Gasteiger partial charge on any atom is 0.408 e. The Morgan fingerprint density at radius 3 is 2.11 bits per heavy atom. The Morgan fingerprint density at radius 2 is 1.56 bits per heavy atom. The van der Waals surface area contributed by atoms with E-state index in [4.69, 9.17) is 4.74 Å². The lowest BCUT2D eigenvalue weighted by atomic mass is 9.94. The molecule has 196 valence electrons. The van der Waals surface area contributed by atoms with E-state index >= 15 is 0 Å². The number of hydrogen-bond donors (Lipinski definition) is 2. The molecule has 2 unspecified atom stereocenters. The van der Waals surface area contributed by atoms with Gasteiger partial charge in [-0.05, 0) is 82.7 Å². The molecule has 2 aromatic rings. The Balaban J connectivity index is 2.51. The molecule has 7 nitrogen and oxygen atoms in total. The van der Waals surface area contributed by atoms with Gasteiger partial charge in [-0.25, -0.2) is 4.79 Å². The number of ether oxygens (including phenoxy) is 1. The smallest absolute Gasteiger partial charge is 0.408 e. The van der Waals surface area contributed by atoms with Crippen molar-refractivity contribution in [2.75, 3.05) is 11.9 Å². The maximum atomic E-state index is 13.9. The van der Waals surface area contributed by atoms with E-state index in [1.54, 1.807) is 20.8 Å². The first-order valence-electron chi connectivity index (χ1n) is 12.5. The van der Waals surface area contributed by atoms with Crippen molar-refractivity contribution in [1.29, 1.82) is 0 Å². The molecular formula is C29H41N3O4. The molecule has 2 atom stereocenters. The summed E-state index contributed by atoms with van der Waals surface area (Å²) < 4.78 is 5.40. The molecule has 0 heterocycles. The Bertz CT molecular complexity index is 1090. The van der Waals surface area contributed by atoms with E-state index in [1.807, 2.05) is 84.0 Å². The number of carbonyl (C=O) groups excluding carboxylic acids is 3. The van der Waals surface area contributed by atoms with Crippen LogP contribution in [0.15, 0.2) is 42.5 Å². The number of amides is 3. The number of hydrogen-bond acceptors (Lipinski definition) is 4. The van der Waals surface area contributed by atoms with Crippen molar-refractivity contribution in [3.05, 3.63) is 64.7 Å². The average molecular weight is 496 g/mol. The lowest BCUT2D eigenvalue weighted by Gasteiger charge is -2.35. The van der Waals surface area contributed by atoms with Crippen molar-refractivity contribution in [3.63, 3.8) is 0 Å². The summed E-state index contributed by atoms with van der Waals surface area (Å²) in [5.74, 6) is -0.880. The molecule has 0 spiro atoms. The van der Waals surface area contributed by atoms with Gasteiger partial charge in [0.1, 0.15) is 17.7 Å². The summed E-state index contributed by atoms with van der Waals surface area (Å²) in [6.45, 7) is 17.0. The van der Waals surface area contributed by atoms with Gasteiger partial charge in [-0.1, -0.05) is 50.2 Å². The van der Waals surface area contributed by atoms with Gasteiger partial charge in [-0.2, -0.15) is 0 Å². The average Bonchev–Trinajstić information content (AvgIpc) is 2.77. The largest absolute Gasteiger partial charge is 0.444 e. The molecule has 0 fully saturated rings. The van der Waals surface area contributed by atoms with Crippen LogP contribution >= 0.6 is 0 Å². The quantitative estimate of drug-likeness (QED) is 0.492. The molecule has 7 heteroatoms. The fourth-order valence-electron chi connectivity index (χ4n) is 4.03. The van der Waals surface area contributed by atoms with Gasteiger partial charge in [-0.15, -0.1) is 0 Å². The number of alkyl carbamates (subject to hydrolysis) is 1. The minimum absolute atomic E-state index is 0.224. The first-order valence-corrected chi connectivity index (χ1v) is 12.5. The number of likely N-dealkylation sites (N-methyl/N-ethyl adjacent to an activating group) is 1. The Morgan fingerprint density at radius 1 is 0.944 bits per heavy atom. The minimum atomic E-state index is -0.885. The zero-order chi connectivity index (χ0) is 27.2. The summed E-state index contributed by atoms with van der Waals surface area (Å²) >= 11 is 0. The number of rotatable bonds is 8. The first-order chi connectivity index (χ1) is 16.8. The number of nitrogens with zero attached hydrogens (tertiary/aromatic N) is 1. The Hall–Kier alpha value is -3.35. The van der Waals surface area contributed by atoms with E-state index in [9.17, 15) is 14.4 Å². The molecule has 2 aromatic carbocycles. The Kier molecular flexibility index (Phi) is 9.68. The highest BCUT2D eigenvalue weighted by atomic mass is 16.6. The van der Waals surface area contributed by atoms with Crippen molar-refractivity contribution in [2.24, 2.45) is 5.92 Å². The fourth-order valence-corrected chi connectivity index (χ4v) is 4.03. The second-order valence-electron chi connectivity index (χ2n) is 10.5. The lowest BCUT2D eigenvalue weighted by Crippen LogP contribution is -2.54. The van der Waals surface area contributed by atoms with Gasteiger partial charge < -0.3 is 20.3 Å². The number of para-hydroxylation sites is 1. The second-order valence-corrected chi connectivity index (χ2v) is 10.5.